The summed E-state index contributed by atoms with van der Waals surface area (Å²) in [7, 11) is 0. The summed E-state index contributed by atoms with van der Waals surface area (Å²) >= 11 is 7.65. The lowest BCUT2D eigenvalue weighted by atomic mass is 10.2. The predicted molar refractivity (Wildman–Crippen MR) is 83.2 cm³/mol. The minimum absolute atomic E-state index is 0.0371. The van der Waals surface area contributed by atoms with Crippen molar-refractivity contribution >= 4 is 34.3 Å². The second kappa shape index (κ2) is 5.83. The third kappa shape index (κ3) is 2.66. The highest BCUT2D eigenvalue weighted by Crippen LogP contribution is 2.35. The van der Waals surface area contributed by atoms with E-state index < -0.39 is 0 Å². The summed E-state index contributed by atoms with van der Waals surface area (Å²) in [6.45, 7) is -0.0371. The van der Waals surface area contributed by atoms with E-state index in [0.717, 1.165) is 26.4 Å². The van der Waals surface area contributed by atoms with Crippen LogP contribution in [-0.4, -0.2) is 10.1 Å². The summed E-state index contributed by atoms with van der Waals surface area (Å²) < 4.78 is 0. The van der Waals surface area contributed by atoms with Gasteiger partial charge in [-0.3, -0.25) is 0 Å². The molecule has 100 valence electrons. The number of rotatable bonds is 3. The molecular weight excluding hydrogens is 290 g/mol. The first-order chi connectivity index (χ1) is 9.78. The molecule has 20 heavy (non-hydrogen) atoms. The second-order valence-electron chi connectivity index (χ2n) is 4.34. The summed E-state index contributed by atoms with van der Waals surface area (Å²) in [5.41, 5.74) is 1.73. The van der Waals surface area contributed by atoms with Crippen LogP contribution in [0.15, 0.2) is 64.5 Å². The SMILES string of the molecule is OCc1cc2ccccc2nc1Sc1ccccc1Cl. The van der Waals surface area contributed by atoms with Crippen molar-refractivity contribution in [2.75, 3.05) is 0 Å². The first-order valence-corrected chi connectivity index (χ1v) is 7.39. The second-order valence-corrected chi connectivity index (χ2v) is 5.77. The van der Waals surface area contributed by atoms with Crippen LogP contribution in [0, 0.1) is 0 Å². The van der Waals surface area contributed by atoms with Crippen molar-refractivity contribution in [1.82, 2.24) is 4.98 Å². The molecule has 0 aliphatic carbocycles. The molecule has 1 heterocycles. The fourth-order valence-electron chi connectivity index (χ4n) is 1.98. The van der Waals surface area contributed by atoms with Gasteiger partial charge in [0, 0.05) is 15.8 Å². The number of aliphatic hydroxyl groups excluding tert-OH is 1. The van der Waals surface area contributed by atoms with E-state index in [4.69, 9.17) is 11.6 Å². The van der Waals surface area contributed by atoms with E-state index in [1.165, 1.54) is 11.8 Å². The number of aliphatic hydroxyl groups is 1. The van der Waals surface area contributed by atoms with E-state index in [0.29, 0.717) is 5.02 Å². The summed E-state index contributed by atoms with van der Waals surface area (Å²) in [6.07, 6.45) is 0. The Labute approximate surface area is 126 Å². The molecule has 1 N–H and O–H groups in total. The fraction of sp³-hybridized carbons (Fsp3) is 0.0625. The van der Waals surface area contributed by atoms with Gasteiger partial charge in [-0.25, -0.2) is 4.98 Å². The number of fused-ring (bicyclic) bond motifs is 1. The normalized spacial score (nSPS) is 10.9. The average molecular weight is 302 g/mol. The molecule has 3 rings (SSSR count). The van der Waals surface area contributed by atoms with Gasteiger partial charge < -0.3 is 5.11 Å². The van der Waals surface area contributed by atoms with E-state index >= 15 is 0 Å². The quantitative estimate of drug-likeness (QED) is 0.771. The smallest absolute Gasteiger partial charge is 0.107 e. The van der Waals surface area contributed by atoms with E-state index in [1.54, 1.807) is 0 Å². The van der Waals surface area contributed by atoms with Crippen molar-refractivity contribution in [3.05, 3.63) is 65.2 Å². The molecule has 0 atom stereocenters. The molecular formula is C16H12ClNOS. The van der Waals surface area contributed by atoms with Gasteiger partial charge in [0.25, 0.3) is 0 Å². The Hall–Kier alpha value is -1.55. The Kier molecular flexibility index (Phi) is 3.92. The number of hydrogen-bond donors (Lipinski definition) is 1. The van der Waals surface area contributed by atoms with E-state index in [1.807, 2.05) is 54.6 Å². The van der Waals surface area contributed by atoms with Crippen molar-refractivity contribution in [3.8, 4) is 0 Å². The minimum atomic E-state index is -0.0371. The van der Waals surface area contributed by atoms with Gasteiger partial charge in [-0.2, -0.15) is 0 Å². The number of benzene rings is 2. The zero-order valence-corrected chi connectivity index (χ0v) is 12.2. The number of pyridine rings is 1. The van der Waals surface area contributed by atoms with Gasteiger partial charge in [-0.1, -0.05) is 53.7 Å². The molecule has 1 aromatic heterocycles. The van der Waals surface area contributed by atoms with Crippen molar-refractivity contribution in [2.45, 2.75) is 16.5 Å². The molecule has 0 spiro atoms. The molecule has 0 aliphatic heterocycles. The monoisotopic (exact) mass is 301 g/mol. The summed E-state index contributed by atoms with van der Waals surface area (Å²) in [6, 6.07) is 17.5. The first kappa shape index (κ1) is 13.4. The fourth-order valence-corrected chi connectivity index (χ4v) is 3.15. The molecule has 2 aromatic carbocycles. The zero-order valence-electron chi connectivity index (χ0n) is 10.6. The van der Waals surface area contributed by atoms with Crippen molar-refractivity contribution in [2.24, 2.45) is 0 Å². The third-order valence-corrected chi connectivity index (χ3v) is 4.54. The Morgan fingerprint density at radius 2 is 1.80 bits per heavy atom. The first-order valence-electron chi connectivity index (χ1n) is 6.20. The number of para-hydroxylation sites is 1. The third-order valence-electron chi connectivity index (χ3n) is 2.98. The summed E-state index contributed by atoms with van der Waals surface area (Å²) in [4.78, 5) is 5.56. The highest BCUT2D eigenvalue weighted by Gasteiger charge is 2.09. The van der Waals surface area contributed by atoms with Gasteiger partial charge in [-0.05, 0) is 24.3 Å². The molecule has 0 saturated heterocycles. The molecule has 0 bridgehead atoms. The lowest BCUT2D eigenvalue weighted by Gasteiger charge is -2.09. The topological polar surface area (TPSA) is 33.1 Å². The Bertz CT molecular complexity index is 760. The zero-order chi connectivity index (χ0) is 13.9. The minimum Gasteiger partial charge on any atom is -0.392 e. The summed E-state index contributed by atoms with van der Waals surface area (Å²) in [5.74, 6) is 0. The molecule has 0 amide bonds. The lowest BCUT2D eigenvalue weighted by Crippen LogP contribution is -1.93. The van der Waals surface area contributed by atoms with Crippen LogP contribution in [0.25, 0.3) is 10.9 Å². The maximum absolute atomic E-state index is 9.54. The Morgan fingerprint density at radius 1 is 1.05 bits per heavy atom. The highest BCUT2D eigenvalue weighted by molar-refractivity contribution is 7.99. The Balaban J connectivity index is 2.08. The van der Waals surface area contributed by atoms with Gasteiger partial charge in [0.05, 0.1) is 17.1 Å². The van der Waals surface area contributed by atoms with Crippen molar-refractivity contribution in [3.63, 3.8) is 0 Å². The molecule has 0 fully saturated rings. The molecule has 0 radical (unpaired) electrons. The predicted octanol–water partition coefficient (Wildman–Crippen LogP) is 4.53. The molecule has 0 unspecified atom stereocenters. The largest absolute Gasteiger partial charge is 0.392 e. The van der Waals surface area contributed by atoms with Crippen LogP contribution >= 0.6 is 23.4 Å². The Morgan fingerprint density at radius 3 is 2.60 bits per heavy atom. The van der Waals surface area contributed by atoms with E-state index in [-0.39, 0.29) is 6.61 Å². The molecule has 2 nitrogen and oxygen atoms in total. The van der Waals surface area contributed by atoms with Gasteiger partial charge >= 0.3 is 0 Å². The van der Waals surface area contributed by atoms with E-state index in [9.17, 15) is 5.11 Å². The van der Waals surface area contributed by atoms with Crippen molar-refractivity contribution < 1.29 is 5.11 Å². The van der Waals surface area contributed by atoms with Gasteiger partial charge in [0.2, 0.25) is 0 Å². The van der Waals surface area contributed by atoms with Crippen LogP contribution in [0.3, 0.4) is 0 Å². The number of hydrogen-bond acceptors (Lipinski definition) is 3. The maximum atomic E-state index is 9.54. The van der Waals surface area contributed by atoms with Crippen LogP contribution in [-0.2, 0) is 6.61 Å². The molecule has 3 aromatic rings. The average Bonchev–Trinajstić information content (AvgIpc) is 2.49. The van der Waals surface area contributed by atoms with Crippen LogP contribution < -0.4 is 0 Å². The van der Waals surface area contributed by atoms with Crippen LogP contribution in [0.1, 0.15) is 5.56 Å². The summed E-state index contributed by atoms with van der Waals surface area (Å²) in [5, 5.41) is 12.0. The van der Waals surface area contributed by atoms with E-state index in [2.05, 4.69) is 4.98 Å². The van der Waals surface area contributed by atoms with Crippen LogP contribution in [0.5, 0.6) is 0 Å². The maximum Gasteiger partial charge on any atom is 0.107 e. The van der Waals surface area contributed by atoms with Crippen LogP contribution in [0.2, 0.25) is 5.02 Å². The van der Waals surface area contributed by atoms with Gasteiger partial charge in [-0.15, -0.1) is 0 Å². The molecule has 4 heteroatoms. The van der Waals surface area contributed by atoms with Gasteiger partial charge in [0.15, 0.2) is 0 Å². The number of halogens is 1. The standard InChI is InChI=1S/C16H12ClNOS/c17-13-6-2-4-8-15(13)20-16-12(10-19)9-11-5-1-3-7-14(11)18-16/h1-9,19H,10H2. The molecule has 0 saturated carbocycles. The lowest BCUT2D eigenvalue weighted by molar-refractivity contribution is 0.278. The number of nitrogens with zero attached hydrogens (tertiary/aromatic N) is 1. The van der Waals surface area contributed by atoms with Crippen molar-refractivity contribution in [1.29, 1.82) is 0 Å². The van der Waals surface area contributed by atoms with Gasteiger partial charge in [0.1, 0.15) is 5.03 Å². The van der Waals surface area contributed by atoms with Crippen LogP contribution in [0.4, 0.5) is 0 Å². The molecule has 0 aliphatic rings. The number of aromatic nitrogens is 1. The highest BCUT2D eigenvalue weighted by atomic mass is 35.5.